The molecule has 9 heteroatoms. The largest absolute Gasteiger partial charge is 0.496 e. The van der Waals surface area contributed by atoms with E-state index in [4.69, 9.17) is 4.74 Å². The number of amides is 2. The van der Waals surface area contributed by atoms with Gasteiger partial charge in [0.15, 0.2) is 0 Å². The second-order valence-electron chi connectivity index (χ2n) is 9.35. The Kier molecular flexibility index (Phi) is 6.53. The summed E-state index contributed by atoms with van der Waals surface area (Å²) in [6.45, 7) is 0.285. The summed E-state index contributed by atoms with van der Waals surface area (Å²) < 4.78 is 5.56. The summed E-state index contributed by atoms with van der Waals surface area (Å²) in [7, 11) is 1.54. The van der Waals surface area contributed by atoms with Crippen molar-refractivity contribution >= 4 is 40.4 Å². The topological polar surface area (TPSA) is 112 Å². The number of thioether (sulfide) groups is 1. The van der Waals surface area contributed by atoms with Gasteiger partial charge in [-0.3, -0.25) is 24.6 Å². The first-order valence-corrected chi connectivity index (χ1v) is 13.4. The van der Waals surface area contributed by atoms with Crippen molar-refractivity contribution in [3.8, 4) is 5.75 Å². The van der Waals surface area contributed by atoms with Crippen LogP contribution >= 0.6 is 11.8 Å². The van der Waals surface area contributed by atoms with Crippen molar-refractivity contribution in [1.82, 2.24) is 15.2 Å². The Hall–Kier alpha value is -3.30. The quantitative estimate of drug-likeness (QED) is 0.301. The van der Waals surface area contributed by atoms with Gasteiger partial charge in [0.2, 0.25) is 11.8 Å². The first kappa shape index (κ1) is 24.4. The molecular formula is C27H29N3O5S. The number of rotatable bonds is 9. The number of methoxy groups -OCH3 is 1. The predicted octanol–water partition coefficient (Wildman–Crippen LogP) is 3.24. The molecule has 4 unspecified atom stereocenters. The predicted molar refractivity (Wildman–Crippen MR) is 138 cm³/mol. The summed E-state index contributed by atoms with van der Waals surface area (Å²) in [5.41, 5.74) is 0.670. The molecule has 2 amide bonds. The molecular weight excluding hydrogens is 478 g/mol. The molecule has 0 spiro atoms. The van der Waals surface area contributed by atoms with Gasteiger partial charge in [-0.05, 0) is 36.1 Å². The number of fused-ring (bicyclic) bond motifs is 2. The van der Waals surface area contributed by atoms with Crippen LogP contribution in [-0.2, 0) is 20.8 Å². The van der Waals surface area contributed by atoms with Crippen LogP contribution in [0.4, 0.5) is 0 Å². The van der Waals surface area contributed by atoms with Crippen LogP contribution in [0.25, 0.3) is 10.9 Å². The van der Waals surface area contributed by atoms with Crippen molar-refractivity contribution in [2.75, 3.05) is 25.7 Å². The third-order valence-corrected chi connectivity index (χ3v) is 8.17. The second kappa shape index (κ2) is 9.63. The number of hydrogen-bond donors (Lipinski definition) is 3. The zero-order chi connectivity index (χ0) is 25.4. The molecule has 2 aromatic carbocycles. The lowest BCUT2D eigenvalue weighted by Crippen LogP contribution is -2.57. The standard InChI is InChI=1S/C27H29N3O5S/c1-35-20-11-6-4-9-18(20)23-21-22(25(32)30(24(21)31)12-7-13-36-2)27(29-23,26(33)34)14-16-15-28-19-10-5-3-8-17(16)19/h3-6,8-11,15,21-23,28-29H,7,12-14H2,1-2H3,(H,33,34). The maximum Gasteiger partial charge on any atom is 0.325 e. The lowest BCUT2D eigenvalue weighted by molar-refractivity contribution is -0.151. The number of carboxylic acid groups (broad SMARTS) is 1. The summed E-state index contributed by atoms with van der Waals surface area (Å²) in [4.78, 5) is 45.1. The average Bonchev–Trinajstić information content (AvgIpc) is 3.53. The summed E-state index contributed by atoms with van der Waals surface area (Å²) in [6, 6.07) is 14.2. The number of nitrogens with zero attached hydrogens (tertiary/aromatic N) is 1. The van der Waals surface area contributed by atoms with Crippen molar-refractivity contribution in [2.45, 2.75) is 24.4 Å². The minimum atomic E-state index is -1.66. The Balaban J connectivity index is 1.63. The van der Waals surface area contributed by atoms with E-state index in [1.165, 1.54) is 12.0 Å². The van der Waals surface area contributed by atoms with Crippen LogP contribution in [0.15, 0.2) is 54.7 Å². The molecule has 8 nitrogen and oxygen atoms in total. The first-order chi connectivity index (χ1) is 17.4. The van der Waals surface area contributed by atoms with Gasteiger partial charge < -0.3 is 14.8 Å². The van der Waals surface area contributed by atoms with Gasteiger partial charge in [0.05, 0.1) is 18.9 Å². The van der Waals surface area contributed by atoms with Crippen molar-refractivity contribution in [2.24, 2.45) is 11.8 Å². The number of aromatic amines is 1. The van der Waals surface area contributed by atoms with Crippen LogP contribution in [-0.4, -0.2) is 64.0 Å². The molecule has 2 fully saturated rings. The molecule has 0 radical (unpaired) electrons. The summed E-state index contributed by atoms with van der Waals surface area (Å²) in [5, 5.41) is 14.9. The van der Waals surface area contributed by atoms with Gasteiger partial charge in [-0.15, -0.1) is 0 Å². The first-order valence-electron chi connectivity index (χ1n) is 12.0. The van der Waals surface area contributed by atoms with Crippen molar-refractivity contribution in [3.05, 3.63) is 65.9 Å². The van der Waals surface area contributed by atoms with E-state index >= 15 is 0 Å². The van der Waals surface area contributed by atoms with E-state index in [9.17, 15) is 19.5 Å². The molecule has 0 saturated carbocycles. The molecule has 2 saturated heterocycles. The van der Waals surface area contributed by atoms with Crippen LogP contribution in [0.5, 0.6) is 5.75 Å². The molecule has 3 aromatic rings. The fraction of sp³-hybridized carbons (Fsp3) is 0.370. The number of ether oxygens (including phenoxy) is 1. The van der Waals surface area contributed by atoms with Gasteiger partial charge in [0, 0.05) is 41.7 Å². The summed E-state index contributed by atoms with van der Waals surface area (Å²) in [5.74, 6) is -2.42. The minimum Gasteiger partial charge on any atom is -0.496 e. The normalized spacial score (nSPS) is 25.5. The fourth-order valence-electron chi connectivity index (χ4n) is 5.85. The number of nitrogens with one attached hydrogen (secondary N) is 2. The van der Waals surface area contributed by atoms with Crippen LogP contribution in [0, 0.1) is 11.8 Å². The number of carboxylic acids is 1. The molecule has 5 rings (SSSR count). The number of likely N-dealkylation sites (tertiary alicyclic amines) is 1. The number of benzene rings is 2. The van der Waals surface area contributed by atoms with Gasteiger partial charge in [-0.25, -0.2) is 0 Å². The molecule has 2 aliphatic rings. The van der Waals surface area contributed by atoms with Gasteiger partial charge in [-0.2, -0.15) is 11.8 Å². The van der Waals surface area contributed by atoms with E-state index in [-0.39, 0.29) is 18.9 Å². The molecule has 0 bridgehead atoms. The van der Waals surface area contributed by atoms with E-state index < -0.39 is 35.3 Å². The van der Waals surface area contributed by atoms with E-state index in [1.807, 2.05) is 48.7 Å². The average molecular weight is 508 g/mol. The van der Waals surface area contributed by atoms with Crippen LogP contribution in [0.1, 0.15) is 23.6 Å². The Bertz CT molecular complexity index is 1320. The number of imide groups is 1. The van der Waals surface area contributed by atoms with Crippen molar-refractivity contribution in [3.63, 3.8) is 0 Å². The molecule has 3 N–H and O–H groups in total. The van der Waals surface area contributed by atoms with Gasteiger partial charge >= 0.3 is 5.97 Å². The number of carbonyl (C=O) groups is 3. The van der Waals surface area contributed by atoms with Gasteiger partial charge in [-0.1, -0.05) is 36.4 Å². The van der Waals surface area contributed by atoms with Crippen LogP contribution in [0.3, 0.4) is 0 Å². The lowest BCUT2D eigenvalue weighted by atomic mass is 9.76. The third kappa shape index (κ3) is 3.77. The molecule has 3 heterocycles. The van der Waals surface area contributed by atoms with E-state index in [0.29, 0.717) is 17.7 Å². The number of aromatic nitrogens is 1. The summed E-state index contributed by atoms with van der Waals surface area (Å²) in [6.07, 6.45) is 4.48. The molecule has 4 atom stereocenters. The Morgan fingerprint density at radius 2 is 1.89 bits per heavy atom. The third-order valence-electron chi connectivity index (χ3n) is 7.48. The fourth-order valence-corrected chi connectivity index (χ4v) is 6.27. The lowest BCUT2D eigenvalue weighted by Gasteiger charge is -2.31. The van der Waals surface area contributed by atoms with E-state index in [1.54, 1.807) is 24.0 Å². The Morgan fingerprint density at radius 3 is 2.64 bits per heavy atom. The zero-order valence-corrected chi connectivity index (χ0v) is 21.0. The maximum absolute atomic E-state index is 13.8. The highest BCUT2D eigenvalue weighted by atomic mass is 32.2. The Labute approximate surface area is 213 Å². The molecule has 1 aromatic heterocycles. The van der Waals surface area contributed by atoms with E-state index in [0.717, 1.165) is 22.2 Å². The highest BCUT2D eigenvalue weighted by molar-refractivity contribution is 7.98. The molecule has 36 heavy (non-hydrogen) atoms. The molecule has 0 aliphatic carbocycles. The SMILES string of the molecule is COc1ccccc1C1NC(Cc2c[nH]c3ccccc23)(C(=O)O)C2C(=O)N(CCCSC)C(=O)C12. The van der Waals surface area contributed by atoms with Crippen LogP contribution < -0.4 is 10.1 Å². The molecule has 188 valence electrons. The number of aliphatic carboxylic acids is 1. The number of carbonyl (C=O) groups excluding carboxylic acids is 2. The van der Waals surface area contributed by atoms with Crippen molar-refractivity contribution < 1.29 is 24.2 Å². The number of para-hydroxylation sites is 2. The van der Waals surface area contributed by atoms with E-state index in [2.05, 4.69) is 10.3 Å². The number of H-pyrrole nitrogens is 1. The zero-order valence-electron chi connectivity index (χ0n) is 20.2. The summed E-state index contributed by atoms with van der Waals surface area (Å²) >= 11 is 1.64. The Morgan fingerprint density at radius 1 is 1.14 bits per heavy atom. The van der Waals surface area contributed by atoms with Crippen LogP contribution in [0.2, 0.25) is 0 Å². The monoisotopic (exact) mass is 507 g/mol. The maximum atomic E-state index is 13.8. The highest BCUT2D eigenvalue weighted by Gasteiger charge is 2.68. The second-order valence-corrected chi connectivity index (χ2v) is 10.3. The minimum absolute atomic E-state index is 0.0524. The highest BCUT2D eigenvalue weighted by Crippen LogP contribution is 2.51. The van der Waals surface area contributed by atoms with Gasteiger partial charge in [0.25, 0.3) is 0 Å². The smallest absolute Gasteiger partial charge is 0.325 e. The van der Waals surface area contributed by atoms with Crippen molar-refractivity contribution in [1.29, 1.82) is 0 Å². The molecule has 2 aliphatic heterocycles. The van der Waals surface area contributed by atoms with Gasteiger partial charge in [0.1, 0.15) is 11.3 Å². The number of hydrogen-bond acceptors (Lipinski definition) is 6.